The van der Waals surface area contributed by atoms with Gasteiger partial charge in [-0.15, -0.1) is 0 Å². The fraction of sp³-hybridized carbons (Fsp3) is 0.0698. The molecule has 0 amide bonds. The van der Waals surface area contributed by atoms with Crippen LogP contribution < -0.4 is 20.9 Å². The smallest absolute Gasteiger partial charge is 0.127 e. The van der Waals surface area contributed by atoms with Gasteiger partial charge in [0.15, 0.2) is 0 Å². The molecule has 0 unspecified atom stereocenters. The summed E-state index contributed by atoms with van der Waals surface area (Å²) in [5.41, 5.74) is 19.7. The lowest BCUT2D eigenvalue weighted by Gasteiger charge is -2.26. The molecule has 6 aromatic carbocycles. The Hall–Kier alpha value is -6.00. The third kappa shape index (κ3) is 8.19. The molecule has 6 rings (SSSR count). The van der Waals surface area contributed by atoms with Crippen molar-refractivity contribution in [3.63, 3.8) is 0 Å². The fourth-order valence-corrected chi connectivity index (χ4v) is 5.21. The highest BCUT2D eigenvalue weighted by molar-refractivity contribution is 5.71. The van der Waals surface area contributed by atoms with Crippen molar-refractivity contribution in [1.82, 2.24) is 0 Å². The Balaban J connectivity index is 1.04. The van der Waals surface area contributed by atoms with E-state index < -0.39 is 0 Å². The summed E-state index contributed by atoms with van der Waals surface area (Å²) >= 11 is 0. The maximum Gasteiger partial charge on any atom is 0.127 e. The Kier molecular flexibility index (Phi) is 9.21. The second kappa shape index (κ2) is 14.0. The van der Waals surface area contributed by atoms with Crippen molar-refractivity contribution in [2.45, 2.75) is 19.3 Å². The van der Waals surface area contributed by atoms with Crippen molar-refractivity contribution in [1.29, 1.82) is 0 Å². The molecular formula is C43H38N2O2. The van der Waals surface area contributed by atoms with Gasteiger partial charge in [-0.2, -0.15) is 0 Å². The maximum absolute atomic E-state index is 6.14. The van der Waals surface area contributed by atoms with Crippen LogP contribution in [0.15, 0.2) is 146 Å². The monoisotopic (exact) mass is 614 g/mol. The lowest BCUT2D eigenvalue weighted by Crippen LogP contribution is -2.18. The molecule has 232 valence electrons. The number of nitrogens with two attached hydrogens (primary N) is 2. The van der Waals surface area contributed by atoms with E-state index >= 15 is 0 Å². The zero-order valence-electron chi connectivity index (χ0n) is 26.6. The highest BCUT2D eigenvalue weighted by Gasteiger charge is 2.23. The second-order valence-electron chi connectivity index (χ2n) is 12.0. The Labute approximate surface area is 277 Å². The van der Waals surface area contributed by atoms with Gasteiger partial charge in [0.25, 0.3) is 0 Å². The number of rotatable bonds is 10. The van der Waals surface area contributed by atoms with E-state index in [1.165, 1.54) is 11.1 Å². The van der Waals surface area contributed by atoms with Crippen LogP contribution in [0.5, 0.6) is 23.0 Å². The van der Waals surface area contributed by atoms with Crippen LogP contribution in [0.25, 0.3) is 24.3 Å². The molecule has 4 nitrogen and oxygen atoms in total. The van der Waals surface area contributed by atoms with Crippen LogP contribution in [0.3, 0.4) is 0 Å². The van der Waals surface area contributed by atoms with Crippen LogP contribution in [0.4, 0.5) is 11.4 Å². The number of hydrogen-bond acceptors (Lipinski definition) is 4. The van der Waals surface area contributed by atoms with E-state index in [4.69, 9.17) is 20.9 Å². The minimum atomic E-state index is -0.200. The molecule has 47 heavy (non-hydrogen) atoms. The van der Waals surface area contributed by atoms with Gasteiger partial charge in [-0.3, -0.25) is 0 Å². The number of ether oxygens (including phenoxy) is 2. The summed E-state index contributed by atoms with van der Waals surface area (Å²) in [6.45, 7) is 4.46. The number of anilines is 2. The van der Waals surface area contributed by atoms with Gasteiger partial charge >= 0.3 is 0 Å². The zero-order chi connectivity index (χ0) is 32.6. The molecule has 0 radical (unpaired) electrons. The molecule has 0 spiro atoms. The van der Waals surface area contributed by atoms with Crippen LogP contribution in [-0.4, -0.2) is 0 Å². The SMILES string of the molecule is CC(C)(c1ccc(Oc2ccc(/C=C/c3ccc(N)cc3)cc2)cc1)c1ccc(Oc2ccc(/C=C/c3ccc(N)cc3)cc2)cc1. The van der Waals surface area contributed by atoms with Gasteiger partial charge in [0.2, 0.25) is 0 Å². The molecule has 0 aromatic heterocycles. The molecule has 4 heteroatoms. The Morgan fingerprint density at radius 3 is 0.872 bits per heavy atom. The molecule has 0 aliphatic heterocycles. The van der Waals surface area contributed by atoms with Crippen molar-refractivity contribution in [3.05, 3.63) is 179 Å². The average Bonchev–Trinajstić information content (AvgIpc) is 3.09. The molecule has 0 fully saturated rings. The van der Waals surface area contributed by atoms with E-state index in [0.717, 1.165) is 56.6 Å². The summed E-state index contributed by atoms with van der Waals surface area (Å²) in [4.78, 5) is 0. The molecule has 0 bridgehead atoms. The topological polar surface area (TPSA) is 70.5 Å². The predicted octanol–water partition coefficient (Wildman–Crippen LogP) is 11.1. The first kappa shape index (κ1) is 31.0. The third-order valence-corrected chi connectivity index (χ3v) is 8.19. The first-order valence-electron chi connectivity index (χ1n) is 15.6. The molecule has 4 N–H and O–H groups in total. The first-order valence-corrected chi connectivity index (χ1v) is 15.6. The highest BCUT2D eigenvalue weighted by Crippen LogP contribution is 2.35. The number of nitrogen functional groups attached to an aromatic ring is 2. The van der Waals surface area contributed by atoms with E-state index in [2.05, 4.69) is 62.4 Å². The maximum atomic E-state index is 6.14. The summed E-state index contributed by atoms with van der Waals surface area (Å²) in [6.07, 6.45) is 8.29. The molecule has 0 aliphatic rings. The summed E-state index contributed by atoms with van der Waals surface area (Å²) in [5, 5.41) is 0. The van der Waals surface area contributed by atoms with Crippen LogP contribution in [0.2, 0.25) is 0 Å². The van der Waals surface area contributed by atoms with Crippen molar-refractivity contribution < 1.29 is 9.47 Å². The van der Waals surface area contributed by atoms with Gasteiger partial charge in [-0.1, -0.05) is 111 Å². The Morgan fingerprint density at radius 2 is 0.596 bits per heavy atom. The molecule has 0 aliphatic carbocycles. The van der Waals surface area contributed by atoms with Crippen LogP contribution in [0.1, 0.15) is 47.2 Å². The van der Waals surface area contributed by atoms with E-state index in [0.29, 0.717) is 0 Å². The summed E-state index contributed by atoms with van der Waals surface area (Å²) in [5.74, 6) is 3.18. The minimum Gasteiger partial charge on any atom is -0.457 e. The van der Waals surface area contributed by atoms with Gasteiger partial charge in [-0.25, -0.2) is 0 Å². The predicted molar refractivity (Wildman–Crippen MR) is 198 cm³/mol. The van der Waals surface area contributed by atoms with E-state index in [9.17, 15) is 0 Å². The summed E-state index contributed by atoms with van der Waals surface area (Å²) in [7, 11) is 0. The Bertz CT molecular complexity index is 1810. The quantitative estimate of drug-likeness (QED) is 0.119. The zero-order valence-corrected chi connectivity index (χ0v) is 26.6. The van der Waals surface area contributed by atoms with Crippen molar-refractivity contribution >= 4 is 35.7 Å². The van der Waals surface area contributed by atoms with Crippen molar-refractivity contribution in [3.8, 4) is 23.0 Å². The molecule has 0 heterocycles. The van der Waals surface area contributed by atoms with E-state index in [1.54, 1.807) is 0 Å². The van der Waals surface area contributed by atoms with E-state index in [-0.39, 0.29) is 5.41 Å². The van der Waals surface area contributed by atoms with Crippen molar-refractivity contribution in [2.24, 2.45) is 0 Å². The van der Waals surface area contributed by atoms with Gasteiger partial charge in [-0.05, 0) is 106 Å². The number of benzene rings is 6. The summed E-state index contributed by atoms with van der Waals surface area (Å²) < 4.78 is 12.3. The molecule has 0 atom stereocenters. The van der Waals surface area contributed by atoms with Crippen LogP contribution >= 0.6 is 0 Å². The second-order valence-corrected chi connectivity index (χ2v) is 12.0. The normalized spacial score (nSPS) is 11.6. The van der Waals surface area contributed by atoms with E-state index in [1.807, 2.05) is 121 Å². The summed E-state index contributed by atoms with van der Waals surface area (Å²) in [6, 6.07) is 48.4. The first-order chi connectivity index (χ1) is 22.8. The molecule has 0 saturated heterocycles. The lowest BCUT2D eigenvalue weighted by atomic mass is 9.78. The fourth-order valence-electron chi connectivity index (χ4n) is 5.21. The average molecular weight is 615 g/mol. The largest absolute Gasteiger partial charge is 0.457 e. The molecule has 0 saturated carbocycles. The standard InChI is InChI=1S/C43H38N2O2/c1-43(2,35-15-27-41(28-16-35)46-39-23-11-33(12-24-39)5-3-31-7-19-37(44)20-8-31)36-17-29-42(30-18-36)47-40-25-13-34(14-26-40)6-4-32-9-21-38(45)22-10-32/h3-30H,44-45H2,1-2H3/b5-3+,6-4+. The molecule has 6 aromatic rings. The highest BCUT2D eigenvalue weighted by atomic mass is 16.5. The van der Waals surface area contributed by atoms with Crippen molar-refractivity contribution in [2.75, 3.05) is 11.5 Å². The minimum absolute atomic E-state index is 0.200. The third-order valence-electron chi connectivity index (χ3n) is 8.19. The lowest BCUT2D eigenvalue weighted by molar-refractivity contribution is 0.481. The van der Waals surface area contributed by atoms with Gasteiger partial charge < -0.3 is 20.9 Å². The van der Waals surface area contributed by atoms with Crippen LogP contribution in [-0.2, 0) is 5.41 Å². The van der Waals surface area contributed by atoms with Gasteiger partial charge in [0.1, 0.15) is 23.0 Å². The Morgan fingerprint density at radius 1 is 0.362 bits per heavy atom. The molecular weight excluding hydrogens is 576 g/mol. The van der Waals surface area contributed by atoms with Gasteiger partial charge in [0, 0.05) is 16.8 Å². The van der Waals surface area contributed by atoms with Crippen LogP contribution in [0, 0.1) is 0 Å². The van der Waals surface area contributed by atoms with Gasteiger partial charge in [0.05, 0.1) is 0 Å². The number of hydrogen-bond donors (Lipinski definition) is 2.